The molecule has 2 aromatic carbocycles. The van der Waals surface area contributed by atoms with Gasteiger partial charge in [-0.3, -0.25) is 4.79 Å². The van der Waals surface area contributed by atoms with Crippen LogP contribution in [-0.4, -0.2) is 31.6 Å². The van der Waals surface area contributed by atoms with Gasteiger partial charge in [0.15, 0.2) is 5.78 Å². The van der Waals surface area contributed by atoms with E-state index in [9.17, 15) is 13.2 Å². The Morgan fingerprint density at radius 3 is 2.35 bits per heavy atom. The zero-order valence-electron chi connectivity index (χ0n) is 14.9. The first kappa shape index (κ1) is 18.5. The van der Waals surface area contributed by atoms with Gasteiger partial charge in [0.25, 0.3) is 0 Å². The lowest BCUT2D eigenvalue weighted by Crippen LogP contribution is -2.35. The van der Waals surface area contributed by atoms with Crippen LogP contribution in [0.2, 0.25) is 0 Å². The maximum atomic E-state index is 12.6. The van der Waals surface area contributed by atoms with Gasteiger partial charge >= 0.3 is 0 Å². The van der Waals surface area contributed by atoms with E-state index >= 15 is 0 Å². The van der Waals surface area contributed by atoms with Crippen molar-refractivity contribution in [2.45, 2.75) is 31.1 Å². The van der Waals surface area contributed by atoms with Gasteiger partial charge in [-0.15, -0.1) is 0 Å². The Labute approximate surface area is 155 Å². The smallest absolute Gasteiger partial charge is 0.243 e. The molecule has 0 saturated carbocycles. The average Bonchev–Trinajstić information content (AvgIpc) is 2.67. The van der Waals surface area contributed by atoms with Crippen LogP contribution in [0.1, 0.15) is 40.7 Å². The lowest BCUT2D eigenvalue weighted by Gasteiger charge is -2.25. The molecule has 1 saturated heterocycles. The molecule has 0 aliphatic carbocycles. The minimum atomic E-state index is -3.46. The summed E-state index contributed by atoms with van der Waals surface area (Å²) < 4.78 is 26.8. The maximum Gasteiger partial charge on any atom is 0.243 e. The molecule has 4 nitrogen and oxygen atoms in total. The molecule has 1 aliphatic heterocycles. The molecule has 0 N–H and O–H groups in total. The third kappa shape index (κ3) is 4.29. The first-order chi connectivity index (χ1) is 12.5. The summed E-state index contributed by atoms with van der Waals surface area (Å²) in [6, 6.07) is 14.1. The quantitative estimate of drug-likeness (QED) is 0.590. The monoisotopic (exact) mass is 369 g/mol. The molecule has 0 bridgehead atoms. The third-order valence-corrected chi connectivity index (χ3v) is 6.47. The summed E-state index contributed by atoms with van der Waals surface area (Å²) in [6.07, 6.45) is 6.17. The molecule has 5 heteroatoms. The highest BCUT2D eigenvalue weighted by Gasteiger charge is 2.25. The van der Waals surface area contributed by atoms with Gasteiger partial charge in [0.05, 0.1) is 4.90 Å². The average molecular weight is 369 g/mol. The molecule has 1 aliphatic rings. The van der Waals surface area contributed by atoms with Crippen LogP contribution in [0.5, 0.6) is 0 Å². The fraction of sp³-hybridized carbons (Fsp3) is 0.286. The number of hydrogen-bond acceptors (Lipinski definition) is 3. The first-order valence-corrected chi connectivity index (χ1v) is 10.3. The van der Waals surface area contributed by atoms with Gasteiger partial charge in [0.1, 0.15) is 0 Å². The second-order valence-corrected chi connectivity index (χ2v) is 8.54. The fourth-order valence-electron chi connectivity index (χ4n) is 3.09. The van der Waals surface area contributed by atoms with Crippen LogP contribution in [-0.2, 0) is 10.0 Å². The number of aryl methyl sites for hydroxylation is 1. The Bertz CT molecular complexity index is 909. The fourth-order valence-corrected chi connectivity index (χ4v) is 4.60. The van der Waals surface area contributed by atoms with Crippen LogP contribution in [0.4, 0.5) is 0 Å². The zero-order chi connectivity index (χ0) is 18.6. The topological polar surface area (TPSA) is 54.5 Å². The lowest BCUT2D eigenvalue weighted by atomic mass is 10.1. The second-order valence-electron chi connectivity index (χ2n) is 6.60. The van der Waals surface area contributed by atoms with Gasteiger partial charge in [-0.2, -0.15) is 4.31 Å². The molecule has 3 rings (SSSR count). The molecule has 0 aromatic heterocycles. The van der Waals surface area contributed by atoms with Gasteiger partial charge in [-0.1, -0.05) is 42.3 Å². The van der Waals surface area contributed by atoms with E-state index in [4.69, 9.17) is 0 Å². The van der Waals surface area contributed by atoms with Crippen molar-refractivity contribution in [3.8, 4) is 0 Å². The Hall–Kier alpha value is -2.24. The molecule has 2 aromatic rings. The van der Waals surface area contributed by atoms with Crippen LogP contribution in [0.25, 0.3) is 6.08 Å². The molecular formula is C21H23NO3S. The van der Waals surface area contributed by atoms with Crippen molar-refractivity contribution in [2.75, 3.05) is 13.1 Å². The summed E-state index contributed by atoms with van der Waals surface area (Å²) in [7, 11) is -3.46. The van der Waals surface area contributed by atoms with Crippen molar-refractivity contribution >= 4 is 21.9 Å². The van der Waals surface area contributed by atoms with E-state index in [1.807, 2.05) is 31.2 Å². The van der Waals surface area contributed by atoms with E-state index in [1.165, 1.54) is 22.5 Å². The van der Waals surface area contributed by atoms with Gasteiger partial charge in [-0.25, -0.2) is 8.42 Å². The minimum absolute atomic E-state index is 0.145. The summed E-state index contributed by atoms with van der Waals surface area (Å²) in [5, 5.41) is 0. The highest BCUT2D eigenvalue weighted by Crippen LogP contribution is 2.21. The Kier molecular flexibility index (Phi) is 5.69. The number of nitrogens with zero attached hydrogens (tertiary/aromatic N) is 1. The van der Waals surface area contributed by atoms with Crippen molar-refractivity contribution in [1.82, 2.24) is 4.31 Å². The number of carbonyl (C=O) groups is 1. The highest BCUT2D eigenvalue weighted by atomic mass is 32.2. The lowest BCUT2D eigenvalue weighted by molar-refractivity contribution is 0.104. The summed E-state index contributed by atoms with van der Waals surface area (Å²) in [5.74, 6) is -0.145. The molecule has 26 heavy (non-hydrogen) atoms. The van der Waals surface area contributed by atoms with Crippen LogP contribution in [0.15, 0.2) is 59.5 Å². The molecule has 1 heterocycles. The first-order valence-electron chi connectivity index (χ1n) is 8.86. The van der Waals surface area contributed by atoms with Crippen LogP contribution < -0.4 is 0 Å². The minimum Gasteiger partial charge on any atom is -0.289 e. The normalized spacial score (nSPS) is 16.0. The summed E-state index contributed by atoms with van der Waals surface area (Å²) in [4.78, 5) is 12.6. The third-order valence-electron chi connectivity index (χ3n) is 4.56. The molecule has 0 atom stereocenters. The standard InChI is InChI=1S/C21H23NO3S/c1-17-6-5-7-18(16-17)8-13-21(23)19-9-11-20(12-10-19)26(24,25)22-14-3-2-4-15-22/h5-13,16H,2-4,14-15H2,1H3/b13-8+. The molecule has 0 amide bonds. The predicted molar refractivity (Wildman–Crippen MR) is 104 cm³/mol. The number of piperidine rings is 1. The van der Waals surface area contributed by atoms with Crippen LogP contribution in [0.3, 0.4) is 0 Å². The number of ketones is 1. The number of benzene rings is 2. The van der Waals surface area contributed by atoms with Gasteiger partial charge in [0.2, 0.25) is 10.0 Å². The molecule has 0 unspecified atom stereocenters. The van der Waals surface area contributed by atoms with E-state index < -0.39 is 10.0 Å². The summed E-state index contributed by atoms with van der Waals surface area (Å²) >= 11 is 0. The van der Waals surface area contributed by atoms with E-state index in [2.05, 4.69) is 0 Å². The Morgan fingerprint density at radius 2 is 1.69 bits per heavy atom. The summed E-state index contributed by atoms with van der Waals surface area (Å²) in [6.45, 7) is 3.14. The summed E-state index contributed by atoms with van der Waals surface area (Å²) in [5.41, 5.74) is 2.57. The van der Waals surface area contributed by atoms with E-state index in [0.717, 1.165) is 30.4 Å². The Morgan fingerprint density at radius 1 is 1.00 bits per heavy atom. The van der Waals surface area contributed by atoms with Crippen molar-refractivity contribution in [2.24, 2.45) is 0 Å². The van der Waals surface area contributed by atoms with E-state index in [0.29, 0.717) is 18.7 Å². The number of sulfonamides is 1. The predicted octanol–water partition coefficient (Wildman–Crippen LogP) is 4.07. The van der Waals surface area contributed by atoms with E-state index in [-0.39, 0.29) is 10.7 Å². The molecule has 1 fully saturated rings. The van der Waals surface area contributed by atoms with Crippen molar-refractivity contribution in [1.29, 1.82) is 0 Å². The van der Waals surface area contributed by atoms with Crippen LogP contribution in [0, 0.1) is 6.92 Å². The maximum absolute atomic E-state index is 12.6. The van der Waals surface area contributed by atoms with E-state index in [1.54, 1.807) is 18.2 Å². The number of hydrogen-bond donors (Lipinski definition) is 0. The molecule has 136 valence electrons. The SMILES string of the molecule is Cc1cccc(/C=C/C(=O)c2ccc(S(=O)(=O)N3CCCCC3)cc2)c1. The van der Waals surface area contributed by atoms with Gasteiger partial charge < -0.3 is 0 Å². The molecular weight excluding hydrogens is 346 g/mol. The number of carbonyl (C=O) groups excluding carboxylic acids is 1. The largest absolute Gasteiger partial charge is 0.289 e. The van der Waals surface area contributed by atoms with Gasteiger partial charge in [0, 0.05) is 18.7 Å². The van der Waals surface area contributed by atoms with Crippen molar-refractivity contribution in [3.63, 3.8) is 0 Å². The van der Waals surface area contributed by atoms with Crippen molar-refractivity contribution in [3.05, 3.63) is 71.3 Å². The Balaban J connectivity index is 1.73. The number of rotatable bonds is 5. The van der Waals surface area contributed by atoms with Crippen molar-refractivity contribution < 1.29 is 13.2 Å². The number of allylic oxidation sites excluding steroid dienone is 1. The highest BCUT2D eigenvalue weighted by molar-refractivity contribution is 7.89. The van der Waals surface area contributed by atoms with Crippen LogP contribution >= 0.6 is 0 Å². The second kappa shape index (κ2) is 7.98. The van der Waals surface area contributed by atoms with Gasteiger partial charge in [-0.05, 0) is 55.7 Å². The molecule has 0 radical (unpaired) electrons. The molecule has 0 spiro atoms. The zero-order valence-corrected chi connectivity index (χ0v) is 15.7.